The first kappa shape index (κ1) is 33.1. The second kappa shape index (κ2) is 12.7. The molecule has 4 heterocycles. The molecule has 0 unspecified atom stereocenters. The van der Waals surface area contributed by atoms with Crippen LogP contribution in [0.4, 0.5) is 15.9 Å². The van der Waals surface area contributed by atoms with Gasteiger partial charge in [-0.05, 0) is 66.6 Å². The lowest BCUT2D eigenvalue weighted by Crippen LogP contribution is -2.41. The van der Waals surface area contributed by atoms with Gasteiger partial charge in [-0.2, -0.15) is 14.9 Å². The summed E-state index contributed by atoms with van der Waals surface area (Å²) in [6.07, 6.45) is 4.66. The summed E-state index contributed by atoms with van der Waals surface area (Å²) in [6.45, 7) is 9.61. The van der Waals surface area contributed by atoms with Crippen molar-refractivity contribution in [3.05, 3.63) is 104 Å². The second-order valence-electron chi connectivity index (χ2n) is 13.8. The van der Waals surface area contributed by atoms with Gasteiger partial charge in [0.25, 0.3) is 11.1 Å². The highest BCUT2D eigenvalue weighted by molar-refractivity contribution is 5.83. The van der Waals surface area contributed by atoms with Crippen LogP contribution in [0.1, 0.15) is 57.2 Å². The normalized spacial score (nSPS) is 15.2. The zero-order chi connectivity index (χ0) is 34.4. The molecule has 0 bridgehead atoms. The number of nitrogens with one attached hydrogen (secondary N) is 1. The number of fused-ring (bicyclic) bond motifs is 1. The van der Waals surface area contributed by atoms with Crippen molar-refractivity contribution >= 4 is 22.3 Å². The highest BCUT2D eigenvalue weighted by Gasteiger charge is 2.27. The number of aliphatic hydroxyl groups excluding tert-OH is 1. The van der Waals surface area contributed by atoms with Gasteiger partial charge in [0.05, 0.1) is 35.2 Å². The van der Waals surface area contributed by atoms with E-state index < -0.39 is 23.6 Å². The van der Waals surface area contributed by atoms with Crippen LogP contribution in [-0.2, 0) is 25.6 Å². The largest absolute Gasteiger partial charge is 0.392 e. The van der Waals surface area contributed by atoms with Crippen molar-refractivity contribution in [2.24, 2.45) is 7.05 Å². The van der Waals surface area contributed by atoms with Gasteiger partial charge in [-0.3, -0.25) is 14.5 Å². The van der Waals surface area contributed by atoms with E-state index in [1.807, 2.05) is 33.8 Å². The van der Waals surface area contributed by atoms with Gasteiger partial charge in [-0.25, -0.2) is 14.1 Å². The Morgan fingerprint density at radius 1 is 1.02 bits per heavy atom. The summed E-state index contributed by atoms with van der Waals surface area (Å²) < 4.78 is 17.6. The molecule has 0 spiro atoms. The number of rotatable bonds is 7. The van der Waals surface area contributed by atoms with Crippen LogP contribution in [0.25, 0.3) is 27.7 Å². The molecular weight excluding hydrogens is 613 g/mol. The molecule has 0 amide bonds. The third kappa shape index (κ3) is 6.64. The highest BCUT2D eigenvalue weighted by atomic mass is 19.1. The van der Waals surface area contributed by atoms with Crippen LogP contribution in [0.15, 0.2) is 70.5 Å². The molecule has 1 saturated heterocycles. The van der Waals surface area contributed by atoms with Crippen LogP contribution in [0, 0.1) is 5.82 Å². The first-order valence-corrected chi connectivity index (χ1v) is 15.9. The number of piperidine rings is 1. The van der Waals surface area contributed by atoms with Crippen molar-refractivity contribution < 1.29 is 14.6 Å². The topological polar surface area (TPSA) is 138 Å². The van der Waals surface area contributed by atoms with E-state index in [0.29, 0.717) is 34.6 Å². The average molecular weight is 654 g/mol. The fourth-order valence-electron chi connectivity index (χ4n) is 6.03. The summed E-state index contributed by atoms with van der Waals surface area (Å²) >= 11 is 0. The molecule has 5 aromatic rings. The zero-order valence-electron chi connectivity index (χ0n) is 27.8. The molecule has 3 N–H and O–H groups in total. The van der Waals surface area contributed by atoms with Gasteiger partial charge in [0, 0.05) is 49.4 Å². The van der Waals surface area contributed by atoms with Crippen LogP contribution < -0.4 is 16.4 Å². The Kier molecular flexibility index (Phi) is 8.75. The lowest BCUT2D eigenvalue weighted by atomic mass is 9.86. The predicted octanol–water partition coefficient (Wildman–Crippen LogP) is 4.56. The van der Waals surface area contributed by atoms with Crippen molar-refractivity contribution in [2.75, 3.05) is 18.4 Å². The molecule has 0 aliphatic carbocycles. The fraction of sp³-hybridized carbons (Fsp3) is 0.361. The Morgan fingerprint density at radius 2 is 1.77 bits per heavy atom. The van der Waals surface area contributed by atoms with Gasteiger partial charge in [0.15, 0.2) is 0 Å². The third-order valence-corrected chi connectivity index (χ3v) is 9.01. The van der Waals surface area contributed by atoms with Crippen molar-refractivity contribution in [3.8, 4) is 16.9 Å². The quantitative estimate of drug-likeness (QED) is 0.231. The Bertz CT molecular complexity index is 2110. The molecule has 0 saturated carbocycles. The van der Waals surface area contributed by atoms with E-state index >= 15 is 4.39 Å². The van der Waals surface area contributed by atoms with Crippen molar-refractivity contribution in [3.63, 3.8) is 0 Å². The number of pyridine rings is 1. The smallest absolute Gasteiger partial charge is 0.290 e. The number of aryl methyl sites for hydroxylation is 1. The fourth-order valence-corrected chi connectivity index (χ4v) is 6.03. The highest BCUT2D eigenvalue weighted by Crippen LogP contribution is 2.30. The van der Waals surface area contributed by atoms with Gasteiger partial charge >= 0.3 is 0 Å². The lowest BCUT2D eigenvalue weighted by molar-refractivity contribution is -0.00731. The number of aromatic nitrogens is 5. The first-order chi connectivity index (χ1) is 22.7. The minimum Gasteiger partial charge on any atom is -0.392 e. The number of likely N-dealkylation sites (tertiary alicyclic amines) is 1. The van der Waals surface area contributed by atoms with Gasteiger partial charge in [-0.15, -0.1) is 0 Å². The number of halogens is 1. The van der Waals surface area contributed by atoms with E-state index in [0.717, 1.165) is 41.7 Å². The number of aliphatic hydroxyl groups is 2. The van der Waals surface area contributed by atoms with Crippen molar-refractivity contribution in [2.45, 2.75) is 64.7 Å². The van der Waals surface area contributed by atoms with E-state index in [4.69, 9.17) is 0 Å². The molecule has 48 heavy (non-hydrogen) atoms. The maximum absolute atomic E-state index is 15.4. The summed E-state index contributed by atoms with van der Waals surface area (Å²) in [7, 11) is 1.52. The molecule has 1 aliphatic rings. The summed E-state index contributed by atoms with van der Waals surface area (Å²) in [5.41, 5.74) is 1.42. The first-order valence-electron chi connectivity index (χ1n) is 15.9. The monoisotopic (exact) mass is 653 g/mol. The number of benzene rings is 2. The summed E-state index contributed by atoms with van der Waals surface area (Å²) in [5, 5.41) is 33.0. The molecule has 12 heteroatoms. The van der Waals surface area contributed by atoms with Crippen molar-refractivity contribution in [1.29, 1.82) is 0 Å². The number of anilines is 2. The number of hydrogen-bond donors (Lipinski definition) is 3. The summed E-state index contributed by atoms with van der Waals surface area (Å²) in [5.74, 6) is -0.174. The summed E-state index contributed by atoms with van der Waals surface area (Å²) in [4.78, 5) is 33.5. The van der Waals surface area contributed by atoms with Crippen molar-refractivity contribution in [1.82, 2.24) is 29.4 Å². The molecule has 250 valence electrons. The van der Waals surface area contributed by atoms with Gasteiger partial charge in [-0.1, -0.05) is 39.0 Å². The Labute approximate surface area is 277 Å². The standard InChI is InChI=1S/C36H40FN7O4/c1-35(2,3)24-15-23-19-39-44(34(47)32(23)27(37)16-24)30-8-6-7-25(26(30)21-45)28-17-29(33(46)42(5)41-28)40-31-10-9-22(18-38-31)20-43-13-11-36(4,48)12-14-43/h6-10,15-19,45,48H,11-14,20-21H2,1-5H3,(H,38,40). The van der Waals surface area contributed by atoms with E-state index in [2.05, 4.69) is 25.4 Å². The molecule has 2 aromatic carbocycles. The Morgan fingerprint density at radius 3 is 2.44 bits per heavy atom. The third-order valence-electron chi connectivity index (χ3n) is 9.01. The molecule has 6 rings (SSSR count). The molecular formula is C36H40FN7O4. The van der Waals surface area contributed by atoms with Gasteiger partial charge in [0.2, 0.25) is 0 Å². The van der Waals surface area contributed by atoms with E-state index in [-0.39, 0.29) is 27.7 Å². The maximum Gasteiger partial charge on any atom is 0.290 e. The summed E-state index contributed by atoms with van der Waals surface area (Å²) in [6, 6.07) is 13.5. The van der Waals surface area contributed by atoms with Crippen LogP contribution in [-0.4, -0.2) is 58.3 Å². The predicted molar refractivity (Wildman–Crippen MR) is 183 cm³/mol. The van der Waals surface area contributed by atoms with Crippen LogP contribution in [0.5, 0.6) is 0 Å². The van der Waals surface area contributed by atoms with Crippen LogP contribution >= 0.6 is 0 Å². The minimum atomic E-state index is -0.658. The van der Waals surface area contributed by atoms with E-state index in [1.165, 1.54) is 24.0 Å². The maximum atomic E-state index is 15.4. The molecule has 0 radical (unpaired) electrons. The Balaban J connectivity index is 1.31. The zero-order valence-corrected chi connectivity index (χ0v) is 27.8. The molecule has 11 nitrogen and oxygen atoms in total. The molecule has 1 aliphatic heterocycles. The van der Waals surface area contributed by atoms with Crippen LogP contribution in [0.2, 0.25) is 0 Å². The lowest BCUT2D eigenvalue weighted by Gasteiger charge is -2.35. The molecule has 1 fully saturated rings. The second-order valence-corrected chi connectivity index (χ2v) is 13.8. The molecule has 0 atom stereocenters. The molecule has 3 aromatic heterocycles. The SMILES string of the molecule is Cn1nc(-c2cccc(-n3ncc4cc(C(C)(C)C)cc(F)c4c3=O)c2CO)cc(Nc2ccc(CN3CCC(C)(O)CC3)cn2)c1=O. The van der Waals surface area contributed by atoms with Gasteiger partial charge < -0.3 is 15.5 Å². The average Bonchev–Trinajstić information content (AvgIpc) is 3.04. The van der Waals surface area contributed by atoms with Crippen LogP contribution in [0.3, 0.4) is 0 Å². The van der Waals surface area contributed by atoms with E-state index in [1.54, 1.807) is 42.6 Å². The van der Waals surface area contributed by atoms with Gasteiger partial charge in [0.1, 0.15) is 17.3 Å². The number of hydrogen-bond acceptors (Lipinski definition) is 9. The van der Waals surface area contributed by atoms with E-state index in [9.17, 15) is 19.8 Å². The Hall–Kier alpha value is -4.78. The number of nitrogens with zero attached hydrogens (tertiary/aromatic N) is 6. The minimum absolute atomic E-state index is 0.0957.